The minimum Gasteiger partial charge on any atom is -0.414 e. The van der Waals surface area contributed by atoms with Crippen molar-refractivity contribution in [2.24, 2.45) is 44.8 Å². The zero-order valence-corrected chi connectivity index (χ0v) is 32.2. The van der Waals surface area contributed by atoms with Crippen LogP contribution in [-0.2, 0) is 23.0 Å². The van der Waals surface area contributed by atoms with E-state index in [0.717, 1.165) is 37.8 Å². The van der Waals surface area contributed by atoms with Gasteiger partial charge in [0.05, 0.1) is 12.3 Å². The van der Waals surface area contributed by atoms with Crippen molar-refractivity contribution < 1.29 is 23.0 Å². The van der Waals surface area contributed by atoms with Gasteiger partial charge >= 0.3 is 0 Å². The average Bonchev–Trinajstić information content (AvgIpc) is 3.11. The highest BCUT2D eigenvalue weighted by Gasteiger charge is 2.70. The smallest absolute Gasteiger partial charge is 0.185 e. The fraction of sp³-hybridized carbons (Fsp3) is 0.938. The van der Waals surface area contributed by atoms with E-state index in [2.05, 4.69) is 77.9 Å². The Morgan fingerprint density at radius 3 is 2.12 bits per heavy atom. The standard InChI is InChI=1S/C32H62N2O5Si3/c1-30-18-16-24(33-35-3)20-23(30)14-15-25-26-17-19-32(39-42(11,12)13,28(34-36-4)22-37-40(5,6)7)31(26,2)21-27(29(25)30)38-41(8,9)10/h23,25-27,29H,14-22H2,1-13H3/b33-24+,34-28+/t23?,25?,26?,27?,29?,30-,31-,32-/m0/s1. The number of fused-ring (bicyclic) bond motifs is 5. The Balaban J connectivity index is 1.82. The summed E-state index contributed by atoms with van der Waals surface area (Å²) in [4.78, 5) is 10.8. The first kappa shape index (κ1) is 34.3. The van der Waals surface area contributed by atoms with Crippen molar-refractivity contribution in [3.63, 3.8) is 0 Å². The van der Waals surface area contributed by atoms with Gasteiger partial charge in [-0.25, -0.2) is 0 Å². The van der Waals surface area contributed by atoms with Crippen LogP contribution in [0, 0.1) is 34.5 Å². The fourth-order valence-electron chi connectivity index (χ4n) is 9.75. The first-order valence-electron chi connectivity index (χ1n) is 16.5. The lowest BCUT2D eigenvalue weighted by Gasteiger charge is -2.64. The topological polar surface area (TPSA) is 70.9 Å². The Hall–Kier alpha value is -0.529. The summed E-state index contributed by atoms with van der Waals surface area (Å²) in [7, 11) is -2.27. The molecule has 0 saturated heterocycles. The zero-order valence-electron chi connectivity index (χ0n) is 29.2. The van der Waals surface area contributed by atoms with Crippen molar-refractivity contribution in [2.45, 2.75) is 136 Å². The van der Waals surface area contributed by atoms with Crippen molar-refractivity contribution >= 4 is 36.4 Å². The van der Waals surface area contributed by atoms with Crippen LogP contribution in [0.15, 0.2) is 10.3 Å². The van der Waals surface area contributed by atoms with Gasteiger partial charge in [-0.05, 0) is 139 Å². The second kappa shape index (κ2) is 12.0. The lowest BCUT2D eigenvalue weighted by molar-refractivity contribution is -0.171. The lowest BCUT2D eigenvalue weighted by atomic mass is 9.43. The molecule has 0 aromatic heterocycles. The molecule has 0 aliphatic heterocycles. The van der Waals surface area contributed by atoms with Crippen molar-refractivity contribution in [1.29, 1.82) is 0 Å². The van der Waals surface area contributed by atoms with Gasteiger partial charge in [0.25, 0.3) is 0 Å². The van der Waals surface area contributed by atoms with Gasteiger partial charge in [-0.3, -0.25) is 0 Å². The molecule has 4 saturated carbocycles. The van der Waals surface area contributed by atoms with Crippen LogP contribution in [0.5, 0.6) is 0 Å². The molecule has 242 valence electrons. The van der Waals surface area contributed by atoms with E-state index in [9.17, 15) is 0 Å². The molecular weight excluding hydrogens is 577 g/mol. The number of oxime groups is 2. The van der Waals surface area contributed by atoms with Crippen LogP contribution in [0.25, 0.3) is 0 Å². The van der Waals surface area contributed by atoms with Gasteiger partial charge in [-0.15, -0.1) is 0 Å². The van der Waals surface area contributed by atoms with E-state index in [1.807, 2.05) is 0 Å². The van der Waals surface area contributed by atoms with Crippen molar-refractivity contribution in [1.82, 2.24) is 0 Å². The Morgan fingerprint density at radius 1 is 0.857 bits per heavy atom. The molecule has 0 amide bonds. The van der Waals surface area contributed by atoms with E-state index >= 15 is 0 Å². The molecule has 0 N–H and O–H groups in total. The van der Waals surface area contributed by atoms with E-state index in [4.69, 9.17) is 28.1 Å². The van der Waals surface area contributed by atoms with Gasteiger partial charge in [0.1, 0.15) is 25.5 Å². The molecular formula is C32H62N2O5Si3. The molecule has 8 atom stereocenters. The normalized spacial score (nSPS) is 40.4. The highest BCUT2D eigenvalue weighted by atomic mass is 28.4. The molecule has 4 rings (SSSR count). The zero-order chi connectivity index (χ0) is 31.4. The van der Waals surface area contributed by atoms with Gasteiger partial charge in [-0.2, -0.15) is 0 Å². The molecule has 10 heteroatoms. The summed E-state index contributed by atoms with van der Waals surface area (Å²) in [6, 6.07) is 0. The summed E-state index contributed by atoms with van der Waals surface area (Å²) < 4.78 is 21.4. The molecule has 0 radical (unpaired) electrons. The van der Waals surface area contributed by atoms with E-state index in [1.54, 1.807) is 14.2 Å². The van der Waals surface area contributed by atoms with E-state index < -0.39 is 30.6 Å². The summed E-state index contributed by atoms with van der Waals surface area (Å²) in [5, 5.41) is 9.19. The van der Waals surface area contributed by atoms with Crippen LogP contribution < -0.4 is 0 Å². The van der Waals surface area contributed by atoms with Gasteiger partial charge in [-0.1, -0.05) is 24.2 Å². The number of hydrogen-bond donors (Lipinski definition) is 0. The molecule has 4 aliphatic carbocycles. The largest absolute Gasteiger partial charge is 0.414 e. The maximum atomic E-state index is 7.46. The maximum absolute atomic E-state index is 7.46. The Bertz CT molecular complexity index is 1030. The van der Waals surface area contributed by atoms with Gasteiger partial charge < -0.3 is 23.0 Å². The SMILES string of the molecule is CO/N=C1\CC[C@@]2(C)C(CCC3C2C(O[Si](C)(C)C)C[C@@]2(C)C3CC[C@]2(O[Si](C)(C)C)/C(CO[Si](C)(C)C)=N/OC)C1. The summed E-state index contributed by atoms with van der Waals surface area (Å²) in [6.07, 6.45) is 9.13. The van der Waals surface area contributed by atoms with Crippen LogP contribution >= 0.6 is 0 Å². The summed E-state index contributed by atoms with van der Waals surface area (Å²) in [5.74, 6) is 2.36. The molecule has 4 aliphatic rings. The summed E-state index contributed by atoms with van der Waals surface area (Å²) in [5.41, 5.74) is 1.83. The minimum atomic E-state index is -1.99. The monoisotopic (exact) mass is 638 g/mol. The molecule has 0 aromatic carbocycles. The Morgan fingerprint density at radius 2 is 1.55 bits per heavy atom. The number of rotatable bonds is 10. The predicted molar refractivity (Wildman–Crippen MR) is 181 cm³/mol. The average molecular weight is 639 g/mol. The fourth-order valence-corrected chi connectivity index (χ4v) is 13.0. The molecule has 42 heavy (non-hydrogen) atoms. The number of nitrogens with zero attached hydrogens (tertiary/aromatic N) is 2. The molecule has 0 heterocycles. The molecule has 4 fully saturated rings. The quantitative estimate of drug-likeness (QED) is 0.137. The van der Waals surface area contributed by atoms with E-state index in [-0.39, 0.29) is 16.9 Å². The maximum Gasteiger partial charge on any atom is 0.185 e. The lowest BCUT2D eigenvalue weighted by Crippen LogP contribution is -2.66. The molecule has 7 nitrogen and oxygen atoms in total. The summed E-state index contributed by atoms with van der Waals surface area (Å²) in [6.45, 7) is 26.4. The third kappa shape index (κ3) is 6.69. The first-order valence-corrected chi connectivity index (χ1v) is 26.7. The van der Waals surface area contributed by atoms with E-state index in [1.165, 1.54) is 25.0 Å². The summed E-state index contributed by atoms with van der Waals surface area (Å²) >= 11 is 0. The van der Waals surface area contributed by atoms with Crippen LogP contribution in [0.1, 0.15) is 65.2 Å². The number of hydrogen-bond acceptors (Lipinski definition) is 7. The third-order valence-electron chi connectivity index (χ3n) is 11.0. The van der Waals surface area contributed by atoms with Gasteiger partial charge in [0.2, 0.25) is 0 Å². The second-order valence-corrected chi connectivity index (χ2v) is 30.6. The predicted octanol–water partition coefficient (Wildman–Crippen LogP) is 8.31. The van der Waals surface area contributed by atoms with Crippen LogP contribution in [0.4, 0.5) is 0 Å². The van der Waals surface area contributed by atoms with Gasteiger partial charge in [0.15, 0.2) is 25.0 Å². The highest BCUT2D eigenvalue weighted by molar-refractivity contribution is 6.70. The van der Waals surface area contributed by atoms with Crippen LogP contribution in [-0.4, -0.2) is 68.9 Å². The van der Waals surface area contributed by atoms with Crippen LogP contribution in [0.2, 0.25) is 58.9 Å². The molecule has 0 aromatic rings. The molecule has 0 spiro atoms. The third-order valence-corrected chi connectivity index (χ3v) is 14.0. The molecule has 5 unspecified atom stereocenters. The minimum absolute atomic E-state index is 0.112. The molecule has 0 bridgehead atoms. The Kier molecular flexibility index (Phi) is 9.82. The van der Waals surface area contributed by atoms with Crippen LogP contribution in [0.3, 0.4) is 0 Å². The van der Waals surface area contributed by atoms with E-state index in [0.29, 0.717) is 30.3 Å². The van der Waals surface area contributed by atoms with Crippen molar-refractivity contribution in [3.05, 3.63) is 0 Å². The van der Waals surface area contributed by atoms with Crippen molar-refractivity contribution in [2.75, 3.05) is 20.8 Å². The highest BCUT2D eigenvalue weighted by Crippen LogP contribution is 2.70. The second-order valence-electron chi connectivity index (χ2n) is 17.2. The van der Waals surface area contributed by atoms with Crippen molar-refractivity contribution in [3.8, 4) is 0 Å². The Labute approximate surface area is 260 Å². The van der Waals surface area contributed by atoms with Gasteiger partial charge in [0, 0.05) is 11.5 Å². The first-order chi connectivity index (χ1) is 19.3.